The van der Waals surface area contributed by atoms with Gasteiger partial charge >= 0.3 is 11.9 Å². The van der Waals surface area contributed by atoms with Crippen LogP contribution in [0.5, 0.6) is 0 Å². The van der Waals surface area contributed by atoms with E-state index < -0.39 is 34.6 Å². The molecule has 0 amide bonds. The van der Waals surface area contributed by atoms with Crippen LogP contribution in [0, 0.1) is 0 Å². The van der Waals surface area contributed by atoms with Crippen LogP contribution in [0.4, 0.5) is 0 Å². The van der Waals surface area contributed by atoms with Crippen LogP contribution in [0.15, 0.2) is 0 Å². The number of nitrogens with one attached hydrogen (secondary N) is 1. The molecule has 1 rings (SSSR count). The molecule has 0 spiro atoms. The molecule has 1 saturated heterocycles. The fourth-order valence-corrected chi connectivity index (χ4v) is 3.44. The summed E-state index contributed by atoms with van der Waals surface area (Å²) in [6, 6.07) is -1.70. The van der Waals surface area contributed by atoms with E-state index in [0.717, 1.165) is 4.31 Å². The van der Waals surface area contributed by atoms with E-state index in [4.69, 9.17) is 14.9 Å². The largest absolute Gasteiger partial charge is 0.481 e. The molecule has 0 aromatic carbocycles. The van der Waals surface area contributed by atoms with E-state index in [2.05, 4.69) is 0 Å². The fourth-order valence-electron chi connectivity index (χ4n) is 1.94. The minimum absolute atomic E-state index is 0.0824. The predicted molar refractivity (Wildman–Crippen MR) is 67.3 cm³/mol. The lowest BCUT2D eigenvalue weighted by Gasteiger charge is -2.34. The Morgan fingerprint density at radius 1 is 1.30 bits per heavy atom. The van der Waals surface area contributed by atoms with Crippen molar-refractivity contribution in [2.75, 3.05) is 13.1 Å². The van der Waals surface area contributed by atoms with E-state index in [1.54, 1.807) is 13.8 Å². The number of rotatable bonds is 6. The maximum atomic E-state index is 12.1. The molecule has 0 bridgehead atoms. The molecular weight excluding hydrogens is 292 g/mol. The third-order valence-electron chi connectivity index (χ3n) is 2.69. The Hall–Kier alpha value is -1.23. The number of morpholine rings is 1. The molecule has 1 fully saturated rings. The standard InChI is InChI=1S/C10H18N2O7S/c1-6-4-12(5-7(2)19-6)20(17,18)11-8(10(15)16)3-9(13)14/h6-8,11H,3-5H2,1-2H3,(H,13,14)(H,15,16)/t6?,7?,8-/m1/s1. The molecule has 1 aliphatic rings. The highest BCUT2D eigenvalue weighted by Gasteiger charge is 2.34. The molecule has 0 aromatic heterocycles. The number of nitrogens with zero attached hydrogens (tertiary/aromatic N) is 1. The van der Waals surface area contributed by atoms with Gasteiger partial charge in [-0.15, -0.1) is 0 Å². The van der Waals surface area contributed by atoms with E-state index in [1.165, 1.54) is 0 Å². The lowest BCUT2D eigenvalue weighted by molar-refractivity contribution is -0.145. The second kappa shape index (κ2) is 6.48. The molecule has 3 N–H and O–H groups in total. The van der Waals surface area contributed by atoms with Crippen molar-refractivity contribution in [1.29, 1.82) is 0 Å². The van der Waals surface area contributed by atoms with Crippen molar-refractivity contribution >= 4 is 22.1 Å². The van der Waals surface area contributed by atoms with Crippen molar-refractivity contribution in [3.63, 3.8) is 0 Å². The van der Waals surface area contributed by atoms with Crippen molar-refractivity contribution in [2.24, 2.45) is 0 Å². The monoisotopic (exact) mass is 310 g/mol. The summed E-state index contributed by atoms with van der Waals surface area (Å²) in [6.07, 6.45) is -1.47. The number of hydrogen-bond acceptors (Lipinski definition) is 5. The zero-order valence-corrected chi connectivity index (χ0v) is 12.0. The topological polar surface area (TPSA) is 133 Å². The first-order valence-corrected chi connectivity index (χ1v) is 7.43. The maximum absolute atomic E-state index is 12.1. The van der Waals surface area contributed by atoms with Crippen LogP contribution in [0.2, 0.25) is 0 Å². The van der Waals surface area contributed by atoms with Crippen molar-refractivity contribution in [2.45, 2.75) is 38.5 Å². The van der Waals surface area contributed by atoms with Gasteiger partial charge in [0.2, 0.25) is 0 Å². The van der Waals surface area contributed by atoms with Crippen LogP contribution < -0.4 is 4.72 Å². The zero-order chi connectivity index (χ0) is 15.5. The number of hydrogen-bond donors (Lipinski definition) is 3. The summed E-state index contributed by atoms with van der Waals surface area (Å²) in [5, 5.41) is 17.4. The summed E-state index contributed by atoms with van der Waals surface area (Å²) < 4.78 is 32.5. The normalized spacial score (nSPS) is 26.1. The third kappa shape index (κ3) is 4.71. The van der Waals surface area contributed by atoms with E-state index >= 15 is 0 Å². The quantitative estimate of drug-likeness (QED) is 0.564. The summed E-state index contributed by atoms with van der Waals surface area (Å²) in [5.74, 6) is -2.94. The molecular formula is C10H18N2O7S. The number of carboxylic acids is 2. The van der Waals surface area contributed by atoms with E-state index in [9.17, 15) is 18.0 Å². The Morgan fingerprint density at radius 2 is 1.80 bits per heavy atom. The molecule has 10 heteroatoms. The second-order valence-electron chi connectivity index (χ2n) is 4.69. The molecule has 0 aromatic rings. The Labute approximate surface area is 116 Å². The van der Waals surface area contributed by atoms with Crippen molar-refractivity contribution in [3.8, 4) is 0 Å². The average Bonchev–Trinajstić information content (AvgIpc) is 2.25. The van der Waals surface area contributed by atoms with Crippen molar-refractivity contribution in [1.82, 2.24) is 9.03 Å². The van der Waals surface area contributed by atoms with Gasteiger partial charge in [-0.25, -0.2) is 0 Å². The van der Waals surface area contributed by atoms with Crippen LogP contribution >= 0.6 is 0 Å². The van der Waals surface area contributed by atoms with Crippen LogP contribution in [0.3, 0.4) is 0 Å². The van der Waals surface area contributed by atoms with Gasteiger partial charge in [0.25, 0.3) is 10.2 Å². The molecule has 1 aliphatic heterocycles. The highest BCUT2D eigenvalue weighted by Crippen LogP contribution is 2.14. The average molecular weight is 310 g/mol. The zero-order valence-electron chi connectivity index (χ0n) is 11.1. The minimum Gasteiger partial charge on any atom is -0.481 e. The van der Waals surface area contributed by atoms with E-state index in [-0.39, 0.29) is 25.3 Å². The van der Waals surface area contributed by atoms with Gasteiger partial charge in [0, 0.05) is 13.1 Å². The second-order valence-corrected chi connectivity index (χ2v) is 6.39. The first-order chi connectivity index (χ1) is 9.11. The number of ether oxygens (including phenoxy) is 1. The van der Waals surface area contributed by atoms with Crippen LogP contribution in [0.1, 0.15) is 20.3 Å². The highest BCUT2D eigenvalue weighted by atomic mass is 32.2. The van der Waals surface area contributed by atoms with Gasteiger partial charge in [0.05, 0.1) is 18.6 Å². The Bertz CT molecular complexity index is 468. The summed E-state index contributed by atoms with van der Waals surface area (Å²) >= 11 is 0. The summed E-state index contributed by atoms with van der Waals surface area (Å²) in [5.41, 5.74) is 0. The highest BCUT2D eigenvalue weighted by molar-refractivity contribution is 7.87. The Balaban J connectivity index is 2.81. The summed E-state index contributed by atoms with van der Waals surface area (Å²) in [7, 11) is -4.08. The lowest BCUT2D eigenvalue weighted by Crippen LogP contribution is -2.55. The molecule has 116 valence electrons. The molecule has 20 heavy (non-hydrogen) atoms. The van der Waals surface area contributed by atoms with E-state index in [1.807, 2.05) is 4.72 Å². The van der Waals surface area contributed by atoms with Gasteiger partial charge in [-0.2, -0.15) is 17.4 Å². The molecule has 1 heterocycles. The van der Waals surface area contributed by atoms with Gasteiger partial charge in [0.15, 0.2) is 0 Å². The molecule has 3 atom stereocenters. The third-order valence-corrected chi connectivity index (χ3v) is 4.25. The summed E-state index contributed by atoms with van der Waals surface area (Å²) in [4.78, 5) is 21.4. The van der Waals surface area contributed by atoms with Gasteiger partial charge in [0.1, 0.15) is 6.04 Å². The minimum atomic E-state index is -4.08. The predicted octanol–water partition coefficient (Wildman–Crippen LogP) is -1.14. The molecule has 0 radical (unpaired) electrons. The first-order valence-electron chi connectivity index (χ1n) is 5.99. The smallest absolute Gasteiger partial charge is 0.322 e. The molecule has 2 unspecified atom stereocenters. The van der Waals surface area contributed by atoms with Crippen LogP contribution in [-0.4, -0.2) is 66.2 Å². The fraction of sp³-hybridized carbons (Fsp3) is 0.800. The molecule has 0 aliphatic carbocycles. The number of carbonyl (C=O) groups is 2. The number of carboxylic acid groups (broad SMARTS) is 2. The Kier molecular flexibility index (Phi) is 5.45. The van der Waals surface area contributed by atoms with E-state index in [0.29, 0.717) is 0 Å². The summed E-state index contributed by atoms with van der Waals surface area (Å²) in [6.45, 7) is 3.56. The van der Waals surface area contributed by atoms with Gasteiger partial charge in [-0.1, -0.05) is 0 Å². The van der Waals surface area contributed by atoms with Crippen molar-refractivity contribution < 1.29 is 33.0 Å². The van der Waals surface area contributed by atoms with Crippen molar-refractivity contribution in [3.05, 3.63) is 0 Å². The molecule has 0 saturated carbocycles. The maximum Gasteiger partial charge on any atom is 0.322 e. The van der Waals surface area contributed by atoms with Gasteiger partial charge in [-0.3, -0.25) is 9.59 Å². The molecule has 9 nitrogen and oxygen atoms in total. The van der Waals surface area contributed by atoms with Crippen LogP contribution in [-0.2, 0) is 24.5 Å². The Morgan fingerprint density at radius 3 is 2.20 bits per heavy atom. The SMILES string of the molecule is CC1CN(S(=O)(=O)N[C@H](CC(=O)O)C(=O)O)CC(C)O1. The van der Waals surface area contributed by atoms with Gasteiger partial charge in [-0.05, 0) is 13.8 Å². The lowest BCUT2D eigenvalue weighted by atomic mass is 10.2. The number of aliphatic carboxylic acids is 2. The first kappa shape index (κ1) is 16.8. The van der Waals surface area contributed by atoms with Gasteiger partial charge < -0.3 is 14.9 Å². The van der Waals surface area contributed by atoms with Crippen LogP contribution in [0.25, 0.3) is 0 Å².